The van der Waals surface area contributed by atoms with E-state index >= 15 is 0 Å². The predicted octanol–water partition coefficient (Wildman–Crippen LogP) is 0.939. The van der Waals surface area contributed by atoms with Crippen LogP contribution >= 0.6 is 0 Å². The van der Waals surface area contributed by atoms with Gasteiger partial charge < -0.3 is 0 Å². The number of hydrogen-bond donors (Lipinski definition) is 0. The molecule has 1 aliphatic rings. The van der Waals surface area contributed by atoms with Crippen LogP contribution in [0.1, 0.15) is 13.3 Å². The molecule has 0 N–H and O–H groups in total. The van der Waals surface area contributed by atoms with Gasteiger partial charge in [0.05, 0.1) is 0 Å². The molecule has 1 rings (SSSR count). The quantitative estimate of drug-likeness (QED) is 0.398. The highest BCUT2D eigenvalue weighted by Gasteiger charge is 2.00. The number of nitrogens with zero attached hydrogens (tertiary/aromatic N) is 1. The summed E-state index contributed by atoms with van der Waals surface area (Å²) in [4.78, 5) is 0. The van der Waals surface area contributed by atoms with Crippen LogP contribution < -0.4 is 5.32 Å². The first-order valence-corrected chi connectivity index (χ1v) is 2.71. The molecule has 0 saturated carbocycles. The van der Waals surface area contributed by atoms with Gasteiger partial charge in [0.15, 0.2) is 0 Å². The van der Waals surface area contributed by atoms with Gasteiger partial charge in [-0.3, -0.25) is 0 Å². The number of rotatable bonds is 0. The lowest BCUT2D eigenvalue weighted by Crippen LogP contribution is -2.20. The van der Waals surface area contributed by atoms with E-state index in [1.54, 1.807) is 0 Å². The minimum Gasteiger partial charge on any atom is -0.234 e. The second kappa shape index (κ2) is 2.12. The van der Waals surface area contributed by atoms with Gasteiger partial charge in [-0.15, -0.1) is 0 Å². The van der Waals surface area contributed by atoms with Gasteiger partial charge in [-0.2, -0.15) is 0 Å². The highest BCUT2D eigenvalue weighted by atomic mass is 14.9. The third-order valence-electron chi connectivity index (χ3n) is 1.17. The molecule has 1 unspecified atom stereocenters. The molecule has 0 aromatic heterocycles. The van der Waals surface area contributed by atoms with Crippen molar-refractivity contribution in [3.63, 3.8) is 0 Å². The van der Waals surface area contributed by atoms with Crippen LogP contribution in [0.4, 0.5) is 0 Å². The molecule has 0 amide bonds. The van der Waals surface area contributed by atoms with Crippen molar-refractivity contribution in [1.82, 2.24) is 5.32 Å². The van der Waals surface area contributed by atoms with Crippen molar-refractivity contribution >= 4 is 0 Å². The second-order valence-corrected chi connectivity index (χ2v) is 1.92. The minimum absolute atomic E-state index is 0.574. The van der Waals surface area contributed by atoms with Crippen molar-refractivity contribution in [1.29, 1.82) is 0 Å². The summed E-state index contributed by atoms with van der Waals surface area (Å²) >= 11 is 0. The average molecular weight is 96.2 g/mol. The van der Waals surface area contributed by atoms with Gasteiger partial charge in [0.2, 0.25) is 0 Å². The summed E-state index contributed by atoms with van der Waals surface area (Å²) in [5.74, 6) is 0. The molecule has 1 heteroatoms. The fourth-order valence-corrected chi connectivity index (χ4v) is 0.683. The first kappa shape index (κ1) is 4.85. The minimum atomic E-state index is 0.574. The largest absolute Gasteiger partial charge is 0.234 e. The van der Waals surface area contributed by atoms with E-state index in [2.05, 4.69) is 24.4 Å². The molecule has 0 aromatic carbocycles. The summed E-state index contributed by atoms with van der Waals surface area (Å²) in [7, 11) is 0. The zero-order chi connectivity index (χ0) is 5.11. The predicted molar refractivity (Wildman–Crippen MR) is 30.2 cm³/mol. The fourth-order valence-electron chi connectivity index (χ4n) is 0.683. The van der Waals surface area contributed by atoms with Gasteiger partial charge in [-0.05, 0) is 13.3 Å². The standard InChI is InChI=1S/C6H10N/c1-6-4-2-3-5-7-6/h2-3,6H,4-5H2,1H3. The maximum atomic E-state index is 4.24. The first-order chi connectivity index (χ1) is 3.39. The van der Waals surface area contributed by atoms with Gasteiger partial charge in [-0.1, -0.05) is 12.2 Å². The van der Waals surface area contributed by atoms with E-state index in [9.17, 15) is 0 Å². The van der Waals surface area contributed by atoms with Crippen LogP contribution in [0.5, 0.6) is 0 Å². The lowest BCUT2D eigenvalue weighted by molar-refractivity contribution is 0.558. The Kier molecular flexibility index (Phi) is 1.47. The van der Waals surface area contributed by atoms with Crippen molar-refractivity contribution < 1.29 is 0 Å². The van der Waals surface area contributed by atoms with Crippen molar-refractivity contribution in [2.75, 3.05) is 6.54 Å². The van der Waals surface area contributed by atoms with Gasteiger partial charge in [0.25, 0.3) is 0 Å². The Balaban J connectivity index is 2.32. The van der Waals surface area contributed by atoms with Crippen LogP contribution in [0, 0.1) is 0 Å². The van der Waals surface area contributed by atoms with Crippen molar-refractivity contribution in [3.8, 4) is 0 Å². The SMILES string of the molecule is CC1CC=CC[N]1. The monoisotopic (exact) mass is 96.1 g/mol. The van der Waals surface area contributed by atoms with E-state index in [1.165, 1.54) is 0 Å². The molecule has 0 aromatic rings. The summed E-state index contributed by atoms with van der Waals surface area (Å²) in [6, 6.07) is 0.574. The van der Waals surface area contributed by atoms with E-state index in [4.69, 9.17) is 0 Å². The average Bonchev–Trinajstić information content (AvgIpc) is 1.69. The van der Waals surface area contributed by atoms with Crippen LogP contribution in [0.3, 0.4) is 0 Å². The maximum absolute atomic E-state index is 4.24. The van der Waals surface area contributed by atoms with Crippen LogP contribution in [0.2, 0.25) is 0 Å². The molecule has 1 aliphatic heterocycles. The molecule has 0 aliphatic carbocycles. The van der Waals surface area contributed by atoms with Gasteiger partial charge in [0, 0.05) is 12.6 Å². The van der Waals surface area contributed by atoms with Gasteiger partial charge in [0.1, 0.15) is 0 Å². The van der Waals surface area contributed by atoms with Crippen molar-refractivity contribution in [2.24, 2.45) is 0 Å². The zero-order valence-corrected chi connectivity index (χ0v) is 4.59. The topological polar surface area (TPSA) is 14.1 Å². The van der Waals surface area contributed by atoms with Crippen molar-refractivity contribution in [3.05, 3.63) is 12.2 Å². The summed E-state index contributed by atoms with van der Waals surface area (Å²) in [6.45, 7) is 3.07. The molecule has 0 spiro atoms. The zero-order valence-electron chi connectivity index (χ0n) is 4.59. The fraction of sp³-hybridized carbons (Fsp3) is 0.667. The molecule has 0 saturated heterocycles. The molecule has 1 radical (unpaired) electrons. The van der Waals surface area contributed by atoms with Crippen LogP contribution in [0.25, 0.3) is 0 Å². The van der Waals surface area contributed by atoms with Crippen LogP contribution in [-0.4, -0.2) is 12.6 Å². The first-order valence-electron chi connectivity index (χ1n) is 2.71. The Labute approximate surface area is 44.4 Å². The Hall–Kier alpha value is -0.300. The van der Waals surface area contributed by atoms with Gasteiger partial charge in [-0.25, -0.2) is 5.32 Å². The smallest absolute Gasteiger partial charge is 0.0317 e. The summed E-state index contributed by atoms with van der Waals surface area (Å²) in [5, 5.41) is 4.24. The normalized spacial score (nSPS) is 30.7. The van der Waals surface area contributed by atoms with E-state index in [-0.39, 0.29) is 0 Å². The van der Waals surface area contributed by atoms with Crippen molar-refractivity contribution in [2.45, 2.75) is 19.4 Å². The van der Waals surface area contributed by atoms with E-state index < -0.39 is 0 Å². The Morgan fingerprint density at radius 3 is 2.71 bits per heavy atom. The van der Waals surface area contributed by atoms with Crippen LogP contribution in [0.15, 0.2) is 12.2 Å². The Morgan fingerprint density at radius 2 is 2.43 bits per heavy atom. The molecule has 0 bridgehead atoms. The molecular formula is C6H10N. The summed E-state index contributed by atoms with van der Waals surface area (Å²) in [6.07, 6.45) is 5.44. The molecule has 0 fully saturated rings. The Bertz CT molecular complexity index is 76.2. The Morgan fingerprint density at radius 1 is 1.57 bits per heavy atom. The second-order valence-electron chi connectivity index (χ2n) is 1.92. The van der Waals surface area contributed by atoms with Crippen LogP contribution in [-0.2, 0) is 0 Å². The third kappa shape index (κ3) is 1.32. The third-order valence-corrected chi connectivity index (χ3v) is 1.17. The molecule has 1 nitrogen and oxygen atoms in total. The molecule has 1 heterocycles. The van der Waals surface area contributed by atoms with E-state index in [1.807, 2.05) is 0 Å². The lowest BCUT2D eigenvalue weighted by Gasteiger charge is -2.10. The van der Waals surface area contributed by atoms with E-state index in [0.29, 0.717) is 6.04 Å². The summed E-state index contributed by atoms with van der Waals surface area (Å²) < 4.78 is 0. The number of hydrogen-bond acceptors (Lipinski definition) is 0. The lowest BCUT2D eigenvalue weighted by atomic mass is 10.2. The van der Waals surface area contributed by atoms with Gasteiger partial charge >= 0.3 is 0 Å². The maximum Gasteiger partial charge on any atom is 0.0317 e. The van der Waals surface area contributed by atoms with E-state index in [0.717, 1.165) is 13.0 Å². The molecular weight excluding hydrogens is 86.1 g/mol. The molecule has 1 atom stereocenters. The highest BCUT2D eigenvalue weighted by Crippen LogP contribution is 1.97. The molecule has 7 heavy (non-hydrogen) atoms. The summed E-state index contributed by atoms with van der Waals surface area (Å²) in [5.41, 5.74) is 0. The highest BCUT2D eigenvalue weighted by molar-refractivity contribution is 4.92. The molecule has 39 valence electrons.